The molecular weight excluding hydrogens is 430 g/mol. The Hall–Kier alpha value is -4.02. The zero-order valence-electron chi connectivity index (χ0n) is 17.2. The third-order valence-corrected chi connectivity index (χ3v) is 4.95. The molecule has 0 unspecified atom stereocenters. The van der Waals surface area contributed by atoms with Gasteiger partial charge >= 0.3 is 12.0 Å². The molecule has 0 aromatic heterocycles. The second-order valence-electron chi connectivity index (χ2n) is 6.86. The van der Waals surface area contributed by atoms with Crippen molar-refractivity contribution in [3.63, 3.8) is 0 Å². The second-order valence-corrected chi connectivity index (χ2v) is 7.27. The van der Waals surface area contributed by atoms with E-state index in [-0.39, 0.29) is 18.7 Å². The number of rotatable bonds is 7. The molecule has 0 spiro atoms. The van der Waals surface area contributed by atoms with Crippen LogP contribution >= 0.6 is 11.6 Å². The topological polar surface area (TPSA) is 92.0 Å². The average Bonchev–Trinajstić information content (AvgIpc) is 2.78. The number of urea groups is 1. The molecule has 0 bridgehead atoms. The first-order valence-electron chi connectivity index (χ1n) is 9.60. The molecule has 0 atom stereocenters. The fourth-order valence-electron chi connectivity index (χ4n) is 3.18. The number of carboxylic acid groups (broad SMARTS) is 1. The minimum Gasteiger partial charge on any atom is -0.496 e. The van der Waals surface area contributed by atoms with Crippen molar-refractivity contribution in [1.29, 1.82) is 0 Å². The lowest BCUT2D eigenvalue weighted by Crippen LogP contribution is -2.28. The van der Waals surface area contributed by atoms with Crippen molar-refractivity contribution < 1.29 is 19.4 Å². The summed E-state index contributed by atoms with van der Waals surface area (Å²) in [5, 5.41) is 14.5. The summed E-state index contributed by atoms with van der Waals surface area (Å²) in [6.07, 6.45) is -0.0524. The van der Waals surface area contributed by atoms with E-state index in [4.69, 9.17) is 28.0 Å². The normalized spacial score (nSPS) is 10.2. The number of benzene rings is 3. The summed E-state index contributed by atoms with van der Waals surface area (Å²) in [7, 11) is 1.55. The molecule has 7 nitrogen and oxygen atoms in total. The molecule has 3 aromatic rings. The second kappa shape index (κ2) is 10.3. The van der Waals surface area contributed by atoms with Crippen molar-refractivity contribution in [3.05, 3.63) is 88.2 Å². The Balaban J connectivity index is 1.71. The summed E-state index contributed by atoms with van der Waals surface area (Å²) >= 11 is 6.47. The summed E-state index contributed by atoms with van der Waals surface area (Å²) in [5.74, 6) is -0.309. The van der Waals surface area contributed by atoms with Crippen LogP contribution < -0.4 is 15.4 Å². The largest absolute Gasteiger partial charge is 0.496 e. The summed E-state index contributed by atoms with van der Waals surface area (Å²) < 4.78 is 5.38. The molecule has 3 aromatic carbocycles. The van der Waals surface area contributed by atoms with Crippen LogP contribution in [0.2, 0.25) is 5.02 Å². The van der Waals surface area contributed by atoms with Crippen LogP contribution in [0.15, 0.2) is 60.7 Å². The number of ether oxygens (including phenoxy) is 1. The molecule has 0 fully saturated rings. The van der Waals surface area contributed by atoms with Gasteiger partial charge in [0.05, 0.1) is 20.1 Å². The predicted molar refractivity (Wildman–Crippen MR) is 123 cm³/mol. The first-order valence-corrected chi connectivity index (χ1v) is 9.98. The van der Waals surface area contributed by atoms with Gasteiger partial charge in [0.25, 0.3) is 0 Å². The smallest absolute Gasteiger partial charge is 0.319 e. The number of carbonyl (C=O) groups excluding carboxylic acids is 1. The van der Waals surface area contributed by atoms with Crippen molar-refractivity contribution in [1.82, 2.24) is 5.32 Å². The molecule has 32 heavy (non-hydrogen) atoms. The molecule has 0 saturated heterocycles. The quantitative estimate of drug-likeness (QED) is 0.414. The molecule has 0 aliphatic carbocycles. The number of carbonyl (C=O) groups is 2. The van der Waals surface area contributed by atoms with E-state index in [0.29, 0.717) is 33.1 Å². The molecule has 0 heterocycles. The Morgan fingerprint density at radius 1 is 1.09 bits per heavy atom. The average molecular weight is 450 g/mol. The number of aliphatic carboxylic acids is 1. The van der Waals surface area contributed by atoms with Gasteiger partial charge in [-0.1, -0.05) is 54.1 Å². The highest BCUT2D eigenvalue weighted by Crippen LogP contribution is 2.43. The van der Waals surface area contributed by atoms with E-state index in [1.165, 1.54) is 0 Å². The van der Waals surface area contributed by atoms with Gasteiger partial charge in [0.15, 0.2) is 5.69 Å². The van der Waals surface area contributed by atoms with Crippen molar-refractivity contribution in [2.75, 3.05) is 12.4 Å². The van der Waals surface area contributed by atoms with Crippen LogP contribution in [0.4, 0.5) is 16.2 Å². The van der Waals surface area contributed by atoms with E-state index < -0.39 is 12.0 Å². The van der Waals surface area contributed by atoms with Gasteiger partial charge in [-0.2, -0.15) is 0 Å². The molecule has 3 N–H and O–H groups in total. The number of anilines is 1. The third kappa shape index (κ3) is 5.56. The number of carboxylic acids is 1. The Kier molecular flexibility index (Phi) is 7.32. The lowest BCUT2D eigenvalue weighted by Gasteiger charge is -2.14. The van der Waals surface area contributed by atoms with Crippen molar-refractivity contribution in [3.8, 4) is 16.9 Å². The van der Waals surface area contributed by atoms with Crippen LogP contribution in [0.5, 0.6) is 5.75 Å². The molecule has 2 amide bonds. The third-order valence-electron chi connectivity index (χ3n) is 4.66. The van der Waals surface area contributed by atoms with Gasteiger partial charge in [0.2, 0.25) is 0 Å². The van der Waals surface area contributed by atoms with Crippen LogP contribution in [0.3, 0.4) is 0 Å². The predicted octanol–water partition coefficient (Wildman–Crippen LogP) is 5.52. The van der Waals surface area contributed by atoms with E-state index >= 15 is 0 Å². The molecule has 8 heteroatoms. The number of methoxy groups -OCH3 is 1. The highest BCUT2D eigenvalue weighted by atomic mass is 35.5. The van der Waals surface area contributed by atoms with Crippen molar-refractivity contribution in [2.45, 2.75) is 13.0 Å². The minimum absolute atomic E-state index is 0.0524. The summed E-state index contributed by atoms with van der Waals surface area (Å²) in [5.41, 5.74) is 3.39. The van der Waals surface area contributed by atoms with E-state index in [1.807, 2.05) is 18.2 Å². The number of nitrogens with zero attached hydrogens (tertiary/aromatic N) is 1. The van der Waals surface area contributed by atoms with Crippen LogP contribution in [-0.4, -0.2) is 24.2 Å². The number of para-hydroxylation sites is 1. The van der Waals surface area contributed by atoms with Crippen LogP contribution in [0.25, 0.3) is 16.0 Å². The Bertz CT molecular complexity index is 1190. The molecule has 0 aliphatic rings. The van der Waals surface area contributed by atoms with E-state index in [0.717, 1.165) is 5.56 Å². The number of hydrogen-bond acceptors (Lipinski definition) is 3. The number of amides is 2. The number of halogens is 1. The molecule has 0 saturated carbocycles. The van der Waals surface area contributed by atoms with Gasteiger partial charge in [-0.25, -0.2) is 9.64 Å². The van der Waals surface area contributed by atoms with Crippen molar-refractivity contribution >= 4 is 35.0 Å². The van der Waals surface area contributed by atoms with Gasteiger partial charge in [-0.3, -0.25) is 4.79 Å². The lowest BCUT2D eigenvalue weighted by atomic mass is 10.0. The summed E-state index contributed by atoms with van der Waals surface area (Å²) in [6.45, 7) is 7.80. The van der Waals surface area contributed by atoms with Gasteiger partial charge < -0.3 is 20.5 Å². The molecule has 3 rings (SSSR count). The van der Waals surface area contributed by atoms with Crippen LogP contribution in [-0.2, 0) is 17.8 Å². The monoisotopic (exact) mass is 449 g/mol. The van der Waals surface area contributed by atoms with E-state index in [1.54, 1.807) is 49.6 Å². The standard InChI is InChI=1S/C24H20ClN3O4/c1-26-20-13-17(12-19(25)23(20)18-5-3-4-6-21(18)32-2)28-24(31)27-14-16-9-7-15(8-10-16)11-22(29)30/h3-10,12-13H,11,14H2,2H3,(H,29,30)(H2,27,28,31). The van der Waals surface area contributed by atoms with Gasteiger partial charge in [0, 0.05) is 28.4 Å². The molecule has 162 valence electrons. The lowest BCUT2D eigenvalue weighted by molar-refractivity contribution is -0.136. The van der Waals surface area contributed by atoms with Gasteiger partial charge in [-0.15, -0.1) is 0 Å². The number of hydrogen-bond donors (Lipinski definition) is 3. The first-order chi connectivity index (χ1) is 15.4. The highest BCUT2D eigenvalue weighted by molar-refractivity contribution is 6.34. The Morgan fingerprint density at radius 3 is 2.44 bits per heavy atom. The zero-order chi connectivity index (χ0) is 23.1. The highest BCUT2D eigenvalue weighted by Gasteiger charge is 2.16. The maximum Gasteiger partial charge on any atom is 0.319 e. The van der Waals surface area contributed by atoms with Crippen LogP contribution in [0, 0.1) is 6.57 Å². The van der Waals surface area contributed by atoms with E-state index in [2.05, 4.69) is 15.5 Å². The summed E-state index contributed by atoms with van der Waals surface area (Å²) in [6, 6.07) is 16.9. The Labute approximate surface area is 190 Å². The minimum atomic E-state index is -0.899. The summed E-state index contributed by atoms with van der Waals surface area (Å²) in [4.78, 5) is 26.6. The van der Waals surface area contributed by atoms with Crippen LogP contribution in [0.1, 0.15) is 11.1 Å². The number of nitrogens with one attached hydrogen (secondary N) is 2. The fourth-order valence-corrected chi connectivity index (χ4v) is 3.49. The van der Waals surface area contributed by atoms with Gasteiger partial charge in [0.1, 0.15) is 5.75 Å². The first kappa shape index (κ1) is 22.7. The maximum absolute atomic E-state index is 12.3. The Morgan fingerprint density at radius 2 is 1.78 bits per heavy atom. The van der Waals surface area contributed by atoms with Gasteiger partial charge in [-0.05, 0) is 29.3 Å². The molecule has 0 aliphatic heterocycles. The molecule has 0 radical (unpaired) electrons. The van der Waals surface area contributed by atoms with Crippen molar-refractivity contribution in [2.24, 2.45) is 0 Å². The maximum atomic E-state index is 12.3. The SMILES string of the molecule is [C-]#[N+]c1cc(NC(=O)NCc2ccc(CC(=O)O)cc2)cc(Cl)c1-c1ccccc1OC. The zero-order valence-corrected chi connectivity index (χ0v) is 17.9. The molecular formula is C24H20ClN3O4. The van der Waals surface area contributed by atoms with E-state index in [9.17, 15) is 9.59 Å². The fraction of sp³-hybridized carbons (Fsp3) is 0.125.